The first-order valence-corrected chi connectivity index (χ1v) is 8.44. The van der Waals surface area contributed by atoms with E-state index in [9.17, 15) is 0 Å². The zero-order valence-corrected chi connectivity index (χ0v) is 14.1. The Bertz CT molecular complexity index is 725. The molecule has 23 heavy (non-hydrogen) atoms. The van der Waals surface area contributed by atoms with Crippen LogP contribution >= 0.6 is 0 Å². The molecule has 2 heteroatoms. The van der Waals surface area contributed by atoms with Gasteiger partial charge in [-0.15, -0.1) is 0 Å². The van der Waals surface area contributed by atoms with Crippen LogP contribution in [-0.2, 0) is 0 Å². The van der Waals surface area contributed by atoms with E-state index in [2.05, 4.69) is 73.6 Å². The van der Waals surface area contributed by atoms with Crippen LogP contribution in [0.2, 0.25) is 0 Å². The third-order valence-electron chi connectivity index (χ3n) is 4.22. The molecule has 3 aromatic rings. The minimum Gasteiger partial charge on any atom is -0.492 e. The van der Waals surface area contributed by atoms with Crippen molar-refractivity contribution in [2.75, 3.05) is 27.2 Å². The van der Waals surface area contributed by atoms with Crippen molar-refractivity contribution in [1.29, 1.82) is 0 Å². The first-order valence-electron chi connectivity index (χ1n) is 8.44. The first-order chi connectivity index (χ1) is 11.3. The van der Waals surface area contributed by atoms with E-state index in [1.807, 2.05) is 0 Å². The van der Waals surface area contributed by atoms with Gasteiger partial charge in [0.05, 0.1) is 6.61 Å². The molecule has 3 aromatic carbocycles. The third kappa shape index (κ3) is 3.83. The zero-order chi connectivity index (χ0) is 16.1. The van der Waals surface area contributed by atoms with Crippen LogP contribution in [0.1, 0.15) is 19.3 Å². The van der Waals surface area contributed by atoms with Crippen molar-refractivity contribution in [3.05, 3.63) is 54.6 Å². The van der Waals surface area contributed by atoms with Gasteiger partial charge in [0, 0.05) is 10.8 Å². The minimum absolute atomic E-state index is 0.783. The van der Waals surface area contributed by atoms with Crippen molar-refractivity contribution in [3.8, 4) is 5.75 Å². The largest absolute Gasteiger partial charge is 0.492 e. The highest BCUT2D eigenvalue weighted by atomic mass is 16.5. The Hall–Kier alpha value is -2.06. The monoisotopic (exact) mass is 307 g/mol. The number of benzene rings is 3. The van der Waals surface area contributed by atoms with Crippen molar-refractivity contribution in [3.63, 3.8) is 0 Å². The summed E-state index contributed by atoms with van der Waals surface area (Å²) in [5.41, 5.74) is 0. The van der Waals surface area contributed by atoms with E-state index < -0.39 is 0 Å². The lowest BCUT2D eigenvalue weighted by atomic mass is 10.0. The second-order valence-electron chi connectivity index (χ2n) is 6.36. The van der Waals surface area contributed by atoms with E-state index in [1.54, 1.807) is 0 Å². The van der Waals surface area contributed by atoms with E-state index in [1.165, 1.54) is 34.4 Å². The van der Waals surface area contributed by atoms with Crippen molar-refractivity contribution in [2.24, 2.45) is 0 Å². The predicted octanol–water partition coefficient (Wildman–Crippen LogP) is 5.10. The van der Waals surface area contributed by atoms with Gasteiger partial charge in [0.1, 0.15) is 5.75 Å². The zero-order valence-electron chi connectivity index (χ0n) is 14.1. The molecule has 0 spiro atoms. The van der Waals surface area contributed by atoms with Crippen LogP contribution in [0, 0.1) is 0 Å². The SMILES string of the molecule is CN(C)CCCCCOc1c2ccccc2cc2ccccc12. The summed E-state index contributed by atoms with van der Waals surface area (Å²) < 4.78 is 6.23. The molecule has 2 nitrogen and oxygen atoms in total. The molecule has 0 N–H and O–H groups in total. The predicted molar refractivity (Wildman–Crippen MR) is 99.4 cm³/mol. The van der Waals surface area contributed by atoms with Crippen LogP contribution in [0.4, 0.5) is 0 Å². The summed E-state index contributed by atoms with van der Waals surface area (Å²) in [5.74, 6) is 1.03. The molecule has 0 saturated carbocycles. The van der Waals surface area contributed by atoms with Gasteiger partial charge in [-0.3, -0.25) is 0 Å². The lowest BCUT2D eigenvalue weighted by Gasteiger charge is -2.13. The third-order valence-corrected chi connectivity index (χ3v) is 4.22. The fraction of sp³-hybridized carbons (Fsp3) is 0.333. The van der Waals surface area contributed by atoms with E-state index in [4.69, 9.17) is 4.74 Å². The highest BCUT2D eigenvalue weighted by molar-refractivity contribution is 6.05. The van der Waals surface area contributed by atoms with E-state index >= 15 is 0 Å². The molecule has 0 atom stereocenters. The fourth-order valence-corrected chi connectivity index (χ4v) is 3.01. The normalized spacial score (nSPS) is 11.4. The fourth-order valence-electron chi connectivity index (χ4n) is 3.01. The molecule has 0 saturated heterocycles. The molecule has 120 valence electrons. The van der Waals surface area contributed by atoms with Gasteiger partial charge < -0.3 is 9.64 Å². The Kier molecular flexibility index (Phi) is 5.14. The first kappa shape index (κ1) is 15.8. The molecule has 0 aliphatic rings. The second kappa shape index (κ2) is 7.47. The van der Waals surface area contributed by atoms with Crippen LogP contribution in [-0.4, -0.2) is 32.1 Å². The Morgan fingerprint density at radius 1 is 0.783 bits per heavy atom. The second-order valence-corrected chi connectivity index (χ2v) is 6.36. The van der Waals surface area contributed by atoms with Crippen molar-refractivity contribution in [2.45, 2.75) is 19.3 Å². The molecule has 0 bridgehead atoms. The molecule has 3 rings (SSSR count). The Labute approximate surface area is 138 Å². The van der Waals surface area contributed by atoms with Crippen LogP contribution in [0.3, 0.4) is 0 Å². The number of rotatable bonds is 7. The molecular weight excluding hydrogens is 282 g/mol. The van der Waals surface area contributed by atoms with E-state index in [0.29, 0.717) is 0 Å². The Morgan fingerprint density at radius 2 is 1.39 bits per heavy atom. The topological polar surface area (TPSA) is 12.5 Å². The highest BCUT2D eigenvalue weighted by Crippen LogP contribution is 2.34. The summed E-state index contributed by atoms with van der Waals surface area (Å²) in [5, 5.41) is 4.90. The summed E-state index contributed by atoms with van der Waals surface area (Å²) in [6.07, 6.45) is 3.54. The molecular formula is C21H25NO. The van der Waals surface area contributed by atoms with E-state index in [-0.39, 0.29) is 0 Å². The quantitative estimate of drug-likeness (QED) is 0.444. The number of unbranched alkanes of at least 4 members (excludes halogenated alkanes) is 2. The lowest BCUT2D eigenvalue weighted by Crippen LogP contribution is -2.13. The molecule has 0 aliphatic carbocycles. The molecule has 0 heterocycles. The van der Waals surface area contributed by atoms with Gasteiger partial charge in [0.25, 0.3) is 0 Å². The van der Waals surface area contributed by atoms with Crippen LogP contribution < -0.4 is 4.74 Å². The van der Waals surface area contributed by atoms with E-state index in [0.717, 1.165) is 25.3 Å². The number of nitrogens with zero attached hydrogens (tertiary/aromatic N) is 1. The number of ether oxygens (including phenoxy) is 1. The summed E-state index contributed by atoms with van der Waals surface area (Å²) in [4.78, 5) is 2.24. The van der Waals surface area contributed by atoms with Gasteiger partial charge in [0.15, 0.2) is 0 Å². The van der Waals surface area contributed by atoms with Gasteiger partial charge in [-0.05, 0) is 56.7 Å². The summed E-state index contributed by atoms with van der Waals surface area (Å²) >= 11 is 0. The average Bonchev–Trinajstić information content (AvgIpc) is 2.56. The molecule has 0 unspecified atom stereocenters. The smallest absolute Gasteiger partial charge is 0.134 e. The standard InChI is InChI=1S/C21H25NO/c1-22(2)14-8-3-9-15-23-21-19-12-6-4-10-17(19)16-18-11-5-7-13-20(18)21/h4-7,10-13,16H,3,8-9,14-15H2,1-2H3. The Morgan fingerprint density at radius 3 is 2.00 bits per heavy atom. The molecule has 0 radical (unpaired) electrons. The molecule has 0 fully saturated rings. The maximum atomic E-state index is 6.23. The molecule has 0 aliphatic heterocycles. The highest BCUT2D eigenvalue weighted by Gasteiger charge is 2.08. The van der Waals surface area contributed by atoms with Gasteiger partial charge >= 0.3 is 0 Å². The summed E-state index contributed by atoms with van der Waals surface area (Å²) in [6, 6.07) is 19.2. The van der Waals surface area contributed by atoms with Gasteiger partial charge in [-0.1, -0.05) is 48.5 Å². The van der Waals surface area contributed by atoms with Crippen LogP contribution in [0.15, 0.2) is 54.6 Å². The average molecular weight is 307 g/mol. The van der Waals surface area contributed by atoms with Gasteiger partial charge in [0.2, 0.25) is 0 Å². The Balaban J connectivity index is 1.77. The van der Waals surface area contributed by atoms with Crippen molar-refractivity contribution >= 4 is 21.5 Å². The molecule has 0 aromatic heterocycles. The maximum absolute atomic E-state index is 6.23. The van der Waals surface area contributed by atoms with Crippen LogP contribution in [0.5, 0.6) is 5.75 Å². The minimum atomic E-state index is 0.783. The molecule has 0 amide bonds. The number of hydrogen-bond acceptors (Lipinski definition) is 2. The van der Waals surface area contributed by atoms with Crippen LogP contribution in [0.25, 0.3) is 21.5 Å². The van der Waals surface area contributed by atoms with Crippen molar-refractivity contribution in [1.82, 2.24) is 4.90 Å². The lowest BCUT2D eigenvalue weighted by molar-refractivity contribution is 0.305. The number of fused-ring (bicyclic) bond motifs is 2. The van der Waals surface area contributed by atoms with Gasteiger partial charge in [-0.2, -0.15) is 0 Å². The summed E-state index contributed by atoms with van der Waals surface area (Å²) in [7, 11) is 4.25. The summed E-state index contributed by atoms with van der Waals surface area (Å²) in [6.45, 7) is 1.93. The van der Waals surface area contributed by atoms with Crippen molar-refractivity contribution < 1.29 is 4.74 Å². The maximum Gasteiger partial charge on any atom is 0.134 e. The number of hydrogen-bond donors (Lipinski definition) is 0. The van der Waals surface area contributed by atoms with Gasteiger partial charge in [-0.25, -0.2) is 0 Å².